The lowest BCUT2D eigenvalue weighted by atomic mass is 9.89. The quantitative estimate of drug-likeness (QED) is 0.827. The maximum atomic E-state index is 11.9. The molecule has 100 valence electrons. The topological polar surface area (TPSA) is 29.4 Å². The van der Waals surface area contributed by atoms with Crippen LogP contribution in [-0.2, 0) is 4.79 Å². The second-order valence-electron chi connectivity index (χ2n) is 5.22. The van der Waals surface area contributed by atoms with E-state index in [0.29, 0.717) is 0 Å². The molecule has 1 heterocycles. The van der Waals surface area contributed by atoms with Gasteiger partial charge in [-0.1, -0.05) is 60.7 Å². The van der Waals surface area contributed by atoms with Gasteiger partial charge in [-0.15, -0.1) is 0 Å². The second-order valence-corrected chi connectivity index (χ2v) is 5.22. The predicted molar refractivity (Wildman–Crippen MR) is 81.0 cm³/mol. The van der Waals surface area contributed by atoms with E-state index in [1.807, 2.05) is 36.4 Å². The average molecular weight is 263 g/mol. The van der Waals surface area contributed by atoms with Crippen LogP contribution < -0.4 is 0 Å². The smallest absolute Gasteiger partial charge is 0.135 e. The van der Waals surface area contributed by atoms with Crippen LogP contribution in [-0.4, -0.2) is 11.5 Å². The van der Waals surface area contributed by atoms with E-state index in [9.17, 15) is 4.79 Å². The Morgan fingerprint density at radius 3 is 2.20 bits per heavy atom. The molecule has 2 aromatic carbocycles. The van der Waals surface area contributed by atoms with E-state index in [1.54, 1.807) is 6.92 Å². The summed E-state index contributed by atoms with van der Waals surface area (Å²) < 4.78 is 0. The zero-order valence-corrected chi connectivity index (χ0v) is 11.5. The van der Waals surface area contributed by atoms with Gasteiger partial charge in [-0.2, -0.15) is 0 Å². The van der Waals surface area contributed by atoms with Gasteiger partial charge >= 0.3 is 0 Å². The summed E-state index contributed by atoms with van der Waals surface area (Å²) >= 11 is 0. The highest BCUT2D eigenvalue weighted by atomic mass is 16.1. The average Bonchev–Trinajstić information content (AvgIpc) is 2.94. The standard InChI is InChI=1S/C18H17NO/c1-13(20)16-12-17(14-8-4-2-5-9-14)19-18(16)15-10-6-3-7-11-15/h2-11,16,18H,12H2,1H3/t16-,18+/m1/s1. The van der Waals surface area contributed by atoms with Crippen molar-refractivity contribution in [1.29, 1.82) is 0 Å². The Balaban J connectivity index is 1.98. The normalized spacial score (nSPS) is 21.6. The number of hydrogen-bond donors (Lipinski definition) is 0. The number of ketones is 1. The van der Waals surface area contributed by atoms with Crippen molar-refractivity contribution in [3.63, 3.8) is 0 Å². The number of rotatable bonds is 3. The molecule has 0 aromatic heterocycles. The predicted octanol–water partition coefficient (Wildman–Crippen LogP) is 3.83. The summed E-state index contributed by atoms with van der Waals surface area (Å²) in [5.41, 5.74) is 3.29. The number of aliphatic imine (C=N–C) groups is 1. The van der Waals surface area contributed by atoms with Crippen LogP contribution in [0.4, 0.5) is 0 Å². The fourth-order valence-corrected chi connectivity index (χ4v) is 2.78. The van der Waals surface area contributed by atoms with Crippen LogP contribution in [0.15, 0.2) is 65.7 Å². The van der Waals surface area contributed by atoms with E-state index < -0.39 is 0 Å². The molecule has 0 saturated heterocycles. The first kappa shape index (κ1) is 12.8. The van der Waals surface area contributed by atoms with Crippen molar-refractivity contribution in [2.24, 2.45) is 10.9 Å². The van der Waals surface area contributed by atoms with E-state index >= 15 is 0 Å². The number of nitrogens with zero attached hydrogens (tertiary/aromatic N) is 1. The molecule has 0 spiro atoms. The molecule has 1 aliphatic rings. The Kier molecular flexibility index (Phi) is 3.46. The molecule has 2 atom stereocenters. The first-order valence-corrected chi connectivity index (χ1v) is 6.93. The van der Waals surface area contributed by atoms with Crippen molar-refractivity contribution < 1.29 is 4.79 Å². The van der Waals surface area contributed by atoms with Crippen molar-refractivity contribution in [2.75, 3.05) is 0 Å². The van der Waals surface area contributed by atoms with Gasteiger partial charge in [0.2, 0.25) is 0 Å². The Bertz CT molecular complexity index is 631. The summed E-state index contributed by atoms with van der Waals surface area (Å²) in [5, 5.41) is 0. The molecule has 0 bridgehead atoms. The van der Waals surface area contributed by atoms with Crippen LogP contribution in [0.5, 0.6) is 0 Å². The van der Waals surface area contributed by atoms with Crippen molar-refractivity contribution in [3.05, 3.63) is 71.8 Å². The van der Waals surface area contributed by atoms with Gasteiger partial charge in [-0.05, 0) is 18.1 Å². The Hall–Kier alpha value is -2.22. The molecule has 2 nitrogen and oxygen atoms in total. The van der Waals surface area contributed by atoms with Gasteiger partial charge in [0, 0.05) is 18.1 Å². The summed E-state index contributed by atoms with van der Waals surface area (Å²) in [6.45, 7) is 1.67. The first-order chi connectivity index (χ1) is 9.75. The monoisotopic (exact) mass is 263 g/mol. The molecule has 2 aromatic rings. The fraction of sp³-hybridized carbons (Fsp3) is 0.222. The Labute approximate surface area is 119 Å². The summed E-state index contributed by atoms with van der Waals surface area (Å²) in [6.07, 6.45) is 0.735. The van der Waals surface area contributed by atoms with Crippen LogP contribution in [0.3, 0.4) is 0 Å². The lowest BCUT2D eigenvalue weighted by molar-refractivity contribution is -0.120. The highest BCUT2D eigenvalue weighted by Gasteiger charge is 2.33. The third kappa shape index (κ3) is 2.42. The van der Waals surface area contributed by atoms with Gasteiger partial charge in [0.25, 0.3) is 0 Å². The first-order valence-electron chi connectivity index (χ1n) is 6.93. The third-order valence-corrected chi connectivity index (χ3v) is 3.86. The zero-order chi connectivity index (χ0) is 13.9. The summed E-state index contributed by atoms with van der Waals surface area (Å²) in [5.74, 6) is 0.182. The molecule has 2 heteroatoms. The Morgan fingerprint density at radius 2 is 1.60 bits per heavy atom. The van der Waals surface area contributed by atoms with E-state index in [2.05, 4.69) is 24.3 Å². The Morgan fingerprint density at radius 1 is 1.00 bits per heavy atom. The van der Waals surface area contributed by atoms with Crippen LogP contribution in [0, 0.1) is 5.92 Å². The fourth-order valence-electron chi connectivity index (χ4n) is 2.78. The molecule has 0 saturated carbocycles. The van der Waals surface area contributed by atoms with Crippen molar-refractivity contribution in [1.82, 2.24) is 0 Å². The van der Waals surface area contributed by atoms with Crippen LogP contribution in [0.1, 0.15) is 30.5 Å². The number of carbonyl (C=O) groups excluding carboxylic acids is 1. The molecule has 0 aliphatic carbocycles. The van der Waals surface area contributed by atoms with E-state index in [4.69, 9.17) is 4.99 Å². The molecule has 3 rings (SSSR count). The highest BCUT2D eigenvalue weighted by molar-refractivity contribution is 6.04. The molecular weight excluding hydrogens is 246 g/mol. The van der Waals surface area contributed by atoms with Crippen molar-refractivity contribution in [3.8, 4) is 0 Å². The van der Waals surface area contributed by atoms with E-state index in [1.165, 1.54) is 0 Å². The van der Waals surface area contributed by atoms with Gasteiger partial charge < -0.3 is 0 Å². The molecule has 0 radical (unpaired) electrons. The van der Waals surface area contributed by atoms with E-state index in [-0.39, 0.29) is 17.7 Å². The SMILES string of the molecule is CC(=O)[C@H]1CC(c2ccccc2)=N[C@H]1c1ccccc1. The minimum Gasteiger partial charge on any atom is -0.300 e. The lowest BCUT2D eigenvalue weighted by Gasteiger charge is -2.15. The number of carbonyl (C=O) groups is 1. The zero-order valence-electron chi connectivity index (χ0n) is 11.5. The van der Waals surface area contributed by atoms with Crippen molar-refractivity contribution in [2.45, 2.75) is 19.4 Å². The summed E-state index contributed by atoms with van der Waals surface area (Å²) in [7, 11) is 0. The number of hydrogen-bond acceptors (Lipinski definition) is 2. The largest absolute Gasteiger partial charge is 0.300 e. The molecule has 0 amide bonds. The van der Waals surface area contributed by atoms with Gasteiger partial charge in [0.05, 0.1) is 6.04 Å². The lowest BCUT2D eigenvalue weighted by Crippen LogP contribution is -2.15. The van der Waals surface area contributed by atoms with Crippen LogP contribution >= 0.6 is 0 Å². The van der Waals surface area contributed by atoms with Gasteiger partial charge in [-0.25, -0.2) is 0 Å². The molecule has 1 aliphatic heterocycles. The van der Waals surface area contributed by atoms with Crippen LogP contribution in [0.25, 0.3) is 0 Å². The van der Waals surface area contributed by atoms with Crippen LogP contribution in [0.2, 0.25) is 0 Å². The maximum Gasteiger partial charge on any atom is 0.135 e. The minimum atomic E-state index is -0.0380. The third-order valence-electron chi connectivity index (χ3n) is 3.86. The van der Waals surface area contributed by atoms with E-state index in [0.717, 1.165) is 23.3 Å². The number of Topliss-reactive ketones (excluding diaryl/α,β-unsaturated/α-hetero) is 1. The molecule has 20 heavy (non-hydrogen) atoms. The highest BCUT2D eigenvalue weighted by Crippen LogP contribution is 2.36. The maximum absolute atomic E-state index is 11.9. The van der Waals surface area contributed by atoms with Crippen molar-refractivity contribution >= 4 is 11.5 Å². The van der Waals surface area contributed by atoms with Gasteiger partial charge in [0.1, 0.15) is 5.78 Å². The number of benzene rings is 2. The molecule has 0 fully saturated rings. The molecular formula is C18H17NO. The summed E-state index contributed by atoms with van der Waals surface area (Å²) in [4.78, 5) is 16.8. The van der Waals surface area contributed by atoms with Gasteiger partial charge in [-0.3, -0.25) is 9.79 Å². The summed E-state index contributed by atoms with van der Waals surface area (Å²) in [6, 6.07) is 20.2. The van der Waals surface area contributed by atoms with Gasteiger partial charge in [0.15, 0.2) is 0 Å². The molecule has 0 unspecified atom stereocenters. The minimum absolute atomic E-state index is 0.0346. The molecule has 0 N–H and O–H groups in total. The second kappa shape index (κ2) is 5.41.